The molecule has 2 fully saturated rings. The Morgan fingerprint density at radius 2 is 2.08 bits per heavy atom. The van der Waals surface area contributed by atoms with Crippen LogP contribution in [0.5, 0.6) is 0 Å². The van der Waals surface area contributed by atoms with Gasteiger partial charge in [-0.25, -0.2) is 0 Å². The van der Waals surface area contributed by atoms with Crippen LogP contribution in [0.1, 0.15) is 32.1 Å². The molecule has 4 rings (SSSR count). The molecule has 2 aliphatic rings. The zero-order valence-corrected chi connectivity index (χ0v) is 14.9. The lowest BCUT2D eigenvalue weighted by Gasteiger charge is -2.23. The van der Waals surface area contributed by atoms with E-state index in [-0.39, 0.29) is 24.2 Å². The highest BCUT2D eigenvalue weighted by Crippen LogP contribution is 2.32. The van der Waals surface area contributed by atoms with E-state index >= 15 is 0 Å². The number of aromatic nitrogens is 2. The SMILES string of the molecule is Cn1nc(NC(=O)C2CC(=O)N(C3CCCC3)C2)c2c(Cl)cccc21. The molecule has 1 atom stereocenters. The first-order valence-corrected chi connectivity index (χ1v) is 9.14. The Hall–Kier alpha value is -2.08. The van der Waals surface area contributed by atoms with E-state index in [9.17, 15) is 9.59 Å². The lowest BCUT2D eigenvalue weighted by molar-refractivity contribution is -0.129. The molecule has 7 heteroatoms. The minimum atomic E-state index is -0.326. The zero-order valence-electron chi connectivity index (χ0n) is 14.2. The summed E-state index contributed by atoms with van der Waals surface area (Å²) in [6, 6.07) is 5.86. The van der Waals surface area contributed by atoms with Gasteiger partial charge in [-0.15, -0.1) is 0 Å². The second kappa shape index (κ2) is 6.33. The molecule has 2 amide bonds. The highest BCUT2D eigenvalue weighted by Gasteiger charge is 2.38. The Labute approximate surface area is 151 Å². The largest absolute Gasteiger partial charge is 0.339 e. The van der Waals surface area contributed by atoms with E-state index in [1.54, 1.807) is 10.7 Å². The summed E-state index contributed by atoms with van der Waals surface area (Å²) in [4.78, 5) is 26.9. The molecule has 1 aromatic carbocycles. The van der Waals surface area contributed by atoms with Crippen LogP contribution in [0.2, 0.25) is 5.02 Å². The second-order valence-electron chi connectivity index (χ2n) is 6.98. The summed E-state index contributed by atoms with van der Waals surface area (Å²) < 4.78 is 1.70. The number of halogens is 1. The fourth-order valence-corrected chi connectivity index (χ4v) is 4.31. The summed E-state index contributed by atoms with van der Waals surface area (Å²) in [7, 11) is 1.81. The van der Waals surface area contributed by atoms with Gasteiger partial charge in [0.15, 0.2) is 5.82 Å². The number of fused-ring (bicyclic) bond motifs is 1. The van der Waals surface area contributed by atoms with Crippen molar-refractivity contribution in [3.05, 3.63) is 23.2 Å². The number of nitrogens with one attached hydrogen (secondary N) is 1. The first-order chi connectivity index (χ1) is 12.0. The molecule has 2 heterocycles. The number of carbonyl (C=O) groups is 2. The normalized spacial score (nSPS) is 21.4. The fraction of sp³-hybridized carbons (Fsp3) is 0.500. The van der Waals surface area contributed by atoms with Crippen molar-refractivity contribution in [3.63, 3.8) is 0 Å². The molecule has 1 aliphatic carbocycles. The van der Waals surface area contributed by atoms with E-state index in [4.69, 9.17) is 11.6 Å². The van der Waals surface area contributed by atoms with Gasteiger partial charge in [0.05, 0.1) is 21.8 Å². The van der Waals surface area contributed by atoms with Gasteiger partial charge < -0.3 is 10.2 Å². The van der Waals surface area contributed by atoms with Crippen molar-refractivity contribution in [2.45, 2.75) is 38.1 Å². The molecule has 25 heavy (non-hydrogen) atoms. The van der Waals surface area contributed by atoms with Crippen LogP contribution < -0.4 is 5.32 Å². The van der Waals surface area contributed by atoms with Crippen molar-refractivity contribution < 1.29 is 9.59 Å². The highest BCUT2D eigenvalue weighted by molar-refractivity contribution is 6.36. The number of carbonyl (C=O) groups excluding carboxylic acids is 2. The number of anilines is 1. The van der Waals surface area contributed by atoms with Gasteiger partial charge in [0.1, 0.15) is 0 Å². The topological polar surface area (TPSA) is 67.2 Å². The maximum atomic E-state index is 12.7. The van der Waals surface area contributed by atoms with Gasteiger partial charge in [-0.05, 0) is 25.0 Å². The molecule has 1 saturated heterocycles. The molecule has 1 aromatic heterocycles. The summed E-state index contributed by atoms with van der Waals surface area (Å²) in [5, 5.41) is 8.55. The van der Waals surface area contributed by atoms with E-state index in [1.165, 1.54) is 12.8 Å². The molecule has 1 N–H and O–H groups in total. The molecule has 1 saturated carbocycles. The predicted octanol–water partition coefficient (Wildman–Crippen LogP) is 2.96. The van der Waals surface area contributed by atoms with Crippen LogP contribution in [0.15, 0.2) is 18.2 Å². The lowest BCUT2D eigenvalue weighted by atomic mass is 10.1. The molecule has 1 aliphatic heterocycles. The summed E-state index contributed by atoms with van der Waals surface area (Å²) in [6.07, 6.45) is 4.73. The van der Waals surface area contributed by atoms with Gasteiger partial charge in [0.25, 0.3) is 0 Å². The van der Waals surface area contributed by atoms with Crippen molar-refractivity contribution in [2.75, 3.05) is 11.9 Å². The molecule has 6 nitrogen and oxygen atoms in total. The molecular formula is C18H21ClN4O2. The summed E-state index contributed by atoms with van der Waals surface area (Å²) in [5.41, 5.74) is 0.859. The van der Waals surface area contributed by atoms with Crippen molar-refractivity contribution in [1.82, 2.24) is 14.7 Å². The Balaban J connectivity index is 1.52. The van der Waals surface area contributed by atoms with Gasteiger partial charge in [-0.3, -0.25) is 14.3 Å². The van der Waals surface area contributed by atoms with E-state index in [2.05, 4.69) is 10.4 Å². The number of hydrogen-bond acceptors (Lipinski definition) is 3. The van der Waals surface area contributed by atoms with Gasteiger partial charge in [-0.2, -0.15) is 5.10 Å². The predicted molar refractivity (Wildman–Crippen MR) is 96.4 cm³/mol. The highest BCUT2D eigenvalue weighted by atomic mass is 35.5. The Morgan fingerprint density at radius 1 is 1.32 bits per heavy atom. The minimum Gasteiger partial charge on any atom is -0.339 e. The van der Waals surface area contributed by atoms with Crippen molar-refractivity contribution in [1.29, 1.82) is 0 Å². The number of rotatable bonds is 3. The van der Waals surface area contributed by atoms with Gasteiger partial charge in [0, 0.05) is 26.1 Å². The van der Waals surface area contributed by atoms with Crippen molar-refractivity contribution in [2.24, 2.45) is 13.0 Å². The number of hydrogen-bond donors (Lipinski definition) is 1. The summed E-state index contributed by atoms with van der Waals surface area (Å²) in [6.45, 7) is 0.508. The zero-order chi connectivity index (χ0) is 17.6. The average molecular weight is 361 g/mol. The van der Waals surface area contributed by atoms with Crippen LogP contribution in [0.25, 0.3) is 10.9 Å². The minimum absolute atomic E-state index is 0.0935. The van der Waals surface area contributed by atoms with Crippen LogP contribution >= 0.6 is 11.6 Å². The van der Waals surface area contributed by atoms with Gasteiger partial charge >= 0.3 is 0 Å². The summed E-state index contributed by atoms with van der Waals surface area (Å²) in [5.74, 6) is 0.0669. The first kappa shape index (κ1) is 16.4. The van der Waals surface area contributed by atoms with Crippen LogP contribution in [-0.2, 0) is 16.6 Å². The monoisotopic (exact) mass is 360 g/mol. The Morgan fingerprint density at radius 3 is 2.84 bits per heavy atom. The molecule has 2 aromatic rings. The van der Waals surface area contributed by atoms with Gasteiger partial charge in [0.2, 0.25) is 11.8 Å². The van der Waals surface area contributed by atoms with Crippen molar-refractivity contribution in [3.8, 4) is 0 Å². The molecule has 132 valence electrons. The molecule has 1 unspecified atom stereocenters. The summed E-state index contributed by atoms with van der Waals surface area (Å²) >= 11 is 6.28. The van der Waals surface area contributed by atoms with Crippen LogP contribution in [0, 0.1) is 5.92 Å². The van der Waals surface area contributed by atoms with Crippen molar-refractivity contribution >= 4 is 40.1 Å². The second-order valence-corrected chi connectivity index (χ2v) is 7.39. The van der Waals surface area contributed by atoms with Crippen LogP contribution in [0.4, 0.5) is 5.82 Å². The van der Waals surface area contributed by atoms with E-state index in [0.29, 0.717) is 23.4 Å². The molecule has 0 radical (unpaired) electrons. The van der Waals surface area contributed by atoms with E-state index < -0.39 is 0 Å². The number of likely N-dealkylation sites (tertiary alicyclic amines) is 1. The maximum absolute atomic E-state index is 12.7. The Kier molecular flexibility index (Phi) is 4.15. The number of aryl methyl sites for hydroxylation is 1. The quantitative estimate of drug-likeness (QED) is 0.915. The van der Waals surface area contributed by atoms with Crippen LogP contribution in [-0.4, -0.2) is 39.1 Å². The van der Waals surface area contributed by atoms with Gasteiger partial charge in [-0.1, -0.05) is 30.5 Å². The standard InChI is InChI=1S/C18H21ClN4O2/c1-22-14-8-4-7-13(19)16(14)17(21-22)20-18(25)11-9-15(24)23(10-11)12-5-2-3-6-12/h4,7-8,11-12H,2-3,5-6,9-10H2,1H3,(H,20,21,25). The average Bonchev–Trinajstić information content (AvgIpc) is 3.28. The number of amides is 2. The number of benzene rings is 1. The third-order valence-electron chi connectivity index (χ3n) is 5.36. The molecule has 0 bridgehead atoms. The third-order valence-corrected chi connectivity index (χ3v) is 5.68. The third kappa shape index (κ3) is 2.88. The fourth-order valence-electron chi connectivity index (χ4n) is 4.05. The maximum Gasteiger partial charge on any atom is 0.231 e. The molecular weight excluding hydrogens is 340 g/mol. The smallest absolute Gasteiger partial charge is 0.231 e. The Bertz CT molecular complexity index is 841. The lowest BCUT2D eigenvalue weighted by Crippen LogP contribution is -2.35. The number of nitrogens with zero attached hydrogens (tertiary/aromatic N) is 3. The molecule has 0 spiro atoms. The van der Waals surface area contributed by atoms with Crippen LogP contribution in [0.3, 0.4) is 0 Å². The van der Waals surface area contributed by atoms with E-state index in [1.807, 2.05) is 24.1 Å². The van der Waals surface area contributed by atoms with E-state index in [0.717, 1.165) is 23.7 Å². The first-order valence-electron chi connectivity index (χ1n) is 8.76.